The minimum absolute atomic E-state index is 0.145. The number of nitrogens with two attached hydrogens (primary N) is 1. The third kappa shape index (κ3) is 4.19. The van der Waals surface area contributed by atoms with Crippen molar-refractivity contribution >= 4 is 38.7 Å². The number of carbonyl (C=O) groups is 1. The van der Waals surface area contributed by atoms with Crippen molar-refractivity contribution in [2.75, 3.05) is 11.1 Å². The van der Waals surface area contributed by atoms with E-state index in [0.29, 0.717) is 22.8 Å². The lowest BCUT2D eigenvalue weighted by Crippen LogP contribution is -2.13. The number of benzene rings is 2. The maximum atomic E-state index is 12.6. The highest BCUT2D eigenvalue weighted by Gasteiger charge is 2.12. The van der Waals surface area contributed by atoms with Crippen LogP contribution >= 0.6 is 11.3 Å². The summed E-state index contributed by atoms with van der Waals surface area (Å²) in [4.78, 5) is 17.5. The molecule has 140 valence electrons. The summed E-state index contributed by atoms with van der Waals surface area (Å²) in [6.45, 7) is 1.46. The normalized spacial score (nSPS) is 10.9. The third-order valence-corrected chi connectivity index (χ3v) is 5.49. The molecular weight excluding hydrogens is 368 g/mol. The fourth-order valence-corrected chi connectivity index (χ4v) is 3.89. The van der Waals surface area contributed by atoms with Gasteiger partial charge in [-0.1, -0.05) is 24.3 Å². The van der Waals surface area contributed by atoms with Gasteiger partial charge in [0.1, 0.15) is 0 Å². The Kier molecular flexibility index (Phi) is 5.32. The molecule has 4 N–H and O–H groups in total. The third-order valence-electron chi connectivity index (χ3n) is 4.37. The first-order chi connectivity index (χ1) is 13.7. The van der Waals surface area contributed by atoms with Crippen LogP contribution in [0.2, 0.25) is 0 Å². The number of pyridine rings is 1. The molecule has 0 unspecified atom stereocenters. The van der Waals surface area contributed by atoms with Crippen molar-refractivity contribution in [3.63, 3.8) is 0 Å². The number of hydrogen-bond donors (Lipinski definition) is 3. The molecule has 2 aromatic heterocycles. The van der Waals surface area contributed by atoms with E-state index in [4.69, 9.17) is 5.73 Å². The number of nitrogens with zero attached hydrogens (tertiary/aromatic N) is 1. The van der Waals surface area contributed by atoms with E-state index in [9.17, 15) is 4.79 Å². The maximum absolute atomic E-state index is 12.6. The van der Waals surface area contributed by atoms with Crippen molar-refractivity contribution in [1.82, 2.24) is 10.3 Å². The molecule has 0 atom stereocenters. The number of thiophene rings is 1. The van der Waals surface area contributed by atoms with Crippen LogP contribution in [0, 0.1) is 0 Å². The highest BCUT2D eigenvalue weighted by molar-refractivity contribution is 7.20. The predicted octanol–water partition coefficient (Wildman–Crippen LogP) is 4.42. The van der Waals surface area contributed by atoms with Crippen LogP contribution in [0.25, 0.3) is 10.1 Å². The Balaban J connectivity index is 1.44. The molecule has 0 fully saturated rings. The van der Waals surface area contributed by atoms with Crippen LogP contribution in [0.3, 0.4) is 0 Å². The van der Waals surface area contributed by atoms with Gasteiger partial charge in [0.15, 0.2) is 0 Å². The van der Waals surface area contributed by atoms with Gasteiger partial charge in [-0.2, -0.15) is 0 Å². The fourth-order valence-electron chi connectivity index (χ4n) is 2.95. The standard InChI is InChI=1S/C22H20N4OS/c23-18-6-1-2-7-19(18)26-22(27)21-12-16-11-15(8-9-20(16)28-21)13-24-14-17-5-3-4-10-25-17/h1-12,24H,13-14,23H2,(H,26,27). The second kappa shape index (κ2) is 8.21. The summed E-state index contributed by atoms with van der Waals surface area (Å²) < 4.78 is 1.08. The average Bonchev–Trinajstić information content (AvgIpc) is 3.14. The van der Waals surface area contributed by atoms with Gasteiger partial charge in [-0.3, -0.25) is 9.78 Å². The van der Waals surface area contributed by atoms with Gasteiger partial charge in [-0.15, -0.1) is 11.3 Å². The quantitative estimate of drug-likeness (QED) is 0.427. The molecule has 2 heterocycles. The highest BCUT2D eigenvalue weighted by atomic mass is 32.1. The lowest BCUT2D eigenvalue weighted by atomic mass is 10.1. The van der Waals surface area contributed by atoms with E-state index in [-0.39, 0.29) is 5.91 Å². The van der Waals surface area contributed by atoms with E-state index in [1.807, 2.05) is 36.4 Å². The Bertz CT molecular complexity index is 1110. The molecule has 5 nitrogen and oxygen atoms in total. The molecule has 2 aromatic carbocycles. The summed E-state index contributed by atoms with van der Waals surface area (Å²) in [7, 11) is 0. The number of carbonyl (C=O) groups excluding carboxylic acids is 1. The largest absolute Gasteiger partial charge is 0.397 e. The Hall–Kier alpha value is -3.22. The number of anilines is 2. The summed E-state index contributed by atoms with van der Waals surface area (Å²) in [5.41, 5.74) is 9.27. The minimum atomic E-state index is -0.145. The molecule has 0 radical (unpaired) electrons. The van der Waals surface area contributed by atoms with Gasteiger partial charge in [0, 0.05) is 24.0 Å². The van der Waals surface area contributed by atoms with Crippen molar-refractivity contribution in [2.45, 2.75) is 13.1 Å². The topological polar surface area (TPSA) is 80.0 Å². The molecule has 0 saturated heterocycles. The molecule has 1 amide bonds. The summed E-state index contributed by atoms with van der Waals surface area (Å²) in [6, 6.07) is 21.3. The van der Waals surface area contributed by atoms with Crippen LogP contribution in [-0.4, -0.2) is 10.9 Å². The summed E-state index contributed by atoms with van der Waals surface area (Å²) >= 11 is 1.48. The monoisotopic (exact) mass is 388 g/mol. The van der Waals surface area contributed by atoms with Crippen molar-refractivity contribution in [1.29, 1.82) is 0 Å². The van der Waals surface area contributed by atoms with E-state index in [2.05, 4.69) is 33.8 Å². The summed E-state index contributed by atoms with van der Waals surface area (Å²) in [5.74, 6) is -0.145. The van der Waals surface area contributed by atoms with Gasteiger partial charge in [0.05, 0.1) is 21.9 Å². The number of para-hydroxylation sites is 2. The van der Waals surface area contributed by atoms with Crippen molar-refractivity contribution in [3.8, 4) is 0 Å². The highest BCUT2D eigenvalue weighted by Crippen LogP contribution is 2.28. The molecular formula is C22H20N4OS. The Labute approximate surface area is 167 Å². The number of aromatic nitrogens is 1. The number of hydrogen-bond acceptors (Lipinski definition) is 5. The smallest absolute Gasteiger partial charge is 0.265 e. The van der Waals surface area contributed by atoms with Crippen molar-refractivity contribution in [2.24, 2.45) is 0 Å². The van der Waals surface area contributed by atoms with Crippen LogP contribution in [0.4, 0.5) is 11.4 Å². The number of nitrogen functional groups attached to an aromatic ring is 1. The van der Waals surface area contributed by atoms with E-state index < -0.39 is 0 Å². The van der Waals surface area contributed by atoms with Crippen LogP contribution in [0.5, 0.6) is 0 Å². The van der Waals surface area contributed by atoms with Crippen LogP contribution in [0.1, 0.15) is 20.9 Å². The lowest BCUT2D eigenvalue weighted by Gasteiger charge is -2.05. The fraction of sp³-hybridized carbons (Fsp3) is 0.0909. The Morgan fingerprint density at radius 3 is 2.68 bits per heavy atom. The van der Waals surface area contributed by atoms with Gasteiger partial charge < -0.3 is 16.4 Å². The van der Waals surface area contributed by atoms with E-state index in [1.165, 1.54) is 16.9 Å². The zero-order chi connectivity index (χ0) is 19.3. The molecule has 0 bridgehead atoms. The molecule has 4 aromatic rings. The lowest BCUT2D eigenvalue weighted by molar-refractivity contribution is 0.103. The number of amides is 1. The first-order valence-corrected chi connectivity index (χ1v) is 9.79. The zero-order valence-corrected chi connectivity index (χ0v) is 16.0. The minimum Gasteiger partial charge on any atom is -0.397 e. The second-order valence-electron chi connectivity index (χ2n) is 6.45. The molecule has 0 aliphatic carbocycles. The predicted molar refractivity (Wildman–Crippen MR) is 115 cm³/mol. The molecule has 6 heteroatoms. The number of rotatable bonds is 6. The van der Waals surface area contributed by atoms with Gasteiger partial charge in [-0.05, 0) is 53.4 Å². The molecule has 28 heavy (non-hydrogen) atoms. The summed E-state index contributed by atoms with van der Waals surface area (Å²) in [5, 5.41) is 7.34. The average molecular weight is 388 g/mol. The zero-order valence-electron chi connectivity index (χ0n) is 15.2. The van der Waals surface area contributed by atoms with E-state index in [1.54, 1.807) is 18.3 Å². The summed E-state index contributed by atoms with van der Waals surface area (Å²) in [6.07, 6.45) is 1.80. The van der Waals surface area contributed by atoms with E-state index >= 15 is 0 Å². The van der Waals surface area contributed by atoms with Gasteiger partial charge in [0.25, 0.3) is 5.91 Å². The second-order valence-corrected chi connectivity index (χ2v) is 7.53. The van der Waals surface area contributed by atoms with Gasteiger partial charge in [0.2, 0.25) is 0 Å². The first kappa shape index (κ1) is 18.2. The Morgan fingerprint density at radius 1 is 1.00 bits per heavy atom. The Morgan fingerprint density at radius 2 is 1.86 bits per heavy atom. The number of nitrogens with one attached hydrogen (secondary N) is 2. The number of fused-ring (bicyclic) bond motifs is 1. The molecule has 0 aliphatic rings. The maximum Gasteiger partial charge on any atom is 0.265 e. The SMILES string of the molecule is Nc1ccccc1NC(=O)c1cc2cc(CNCc3ccccn3)ccc2s1. The van der Waals surface area contributed by atoms with Crippen molar-refractivity contribution < 1.29 is 4.79 Å². The van der Waals surface area contributed by atoms with E-state index in [0.717, 1.165) is 22.3 Å². The molecule has 0 aliphatic heterocycles. The van der Waals surface area contributed by atoms with Gasteiger partial charge >= 0.3 is 0 Å². The van der Waals surface area contributed by atoms with Crippen molar-refractivity contribution in [3.05, 3.63) is 89.1 Å². The molecule has 0 saturated carbocycles. The van der Waals surface area contributed by atoms with Gasteiger partial charge in [-0.25, -0.2) is 0 Å². The van der Waals surface area contributed by atoms with Crippen LogP contribution in [-0.2, 0) is 13.1 Å². The van der Waals surface area contributed by atoms with Crippen LogP contribution < -0.4 is 16.4 Å². The first-order valence-electron chi connectivity index (χ1n) is 8.98. The molecule has 4 rings (SSSR count). The van der Waals surface area contributed by atoms with Crippen LogP contribution in [0.15, 0.2) is 72.9 Å². The molecule has 0 spiro atoms.